The van der Waals surface area contributed by atoms with Crippen molar-refractivity contribution in [3.63, 3.8) is 0 Å². The second-order valence-corrected chi connectivity index (χ2v) is 8.54. The lowest BCUT2D eigenvalue weighted by molar-refractivity contribution is -0.135. The first-order valence-electron chi connectivity index (χ1n) is 11.1. The van der Waals surface area contributed by atoms with Crippen molar-refractivity contribution in [1.29, 1.82) is 0 Å². The Morgan fingerprint density at radius 2 is 1.68 bits per heavy atom. The minimum atomic E-state index is -0.0166. The van der Waals surface area contributed by atoms with Crippen LogP contribution >= 0.6 is 0 Å². The molecule has 2 aliphatic rings. The zero-order valence-electron chi connectivity index (χ0n) is 18.4. The number of anilines is 1. The Morgan fingerprint density at radius 1 is 0.968 bits per heavy atom. The van der Waals surface area contributed by atoms with E-state index in [1.165, 1.54) is 17.5 Å². The zero-order chi connectivity index (χ0) is 21.8. The number of nitrogens with one attached hydrogen (secondary N) is 1. The van der Waals surface area contributed by atoms with Gasteiger partial charge in [-0.15, -0.1) is 0 Å². The van der Waals surface area contributed by atoms with Crippen molar-refractivity contribution >= 4 is 17.5 Å². The first kappa shape index (κ1) is 21.4. The minimum absolute atomic E-state index is 0.000125. The maximum atomic E-state index is 12.6. The number of fused-ring (bicyclic) bond motifs is 1. The monoisotopic (exact) mass is 421 g/mol. The number of ether oxygens (including phenoxy) is 1. The third-order valence-corrected chi connectivity index (χ3v) is 6.27. The van der Waals surface area contributed by atoms with Gasteiger partial charge in [0.1, 0.15) is 5.75 Å². The Hall–Kier alpha value is -2.86. The molecule has 2 aromatic carbocycles. The number of hydrogen-bond acceptors (Lipinski definition) is 4. The van der Waals surface area contributed by atoms with E-state index in [4.69, 9.17) is 4.74 Å². The van der Waals surface area contributed by atoms with Gasteiger partial charge in [-0.1, -0.05) is 24.3 Å². The molecule has 0 bridgehead atoms. The predicted molar refractivity (Wildman–Crippen MR) is 122 cm³/mol. The van der Waals surface area contributed by atoms with Crippen molar-refractivity contribution in [2.45, 2.75) is 33.1 Å². The van der Waals surface area contributed by atoms with E-state index in [1.54, 1.807) is 0 Å². The van der Waals surface area contributed by atoms with E-state index in [1.807, 2.05) is 43.0 Å². The van der Waals surface area contributed by atoms with Crippen LogP contribution < -0.4 is 10.1 Å². The van der Waals surface area contributed by atoms with Crippen molar-refractivity contribution in [3.8, 4) is 5.75 Å². The number of benzene rings is 2. The second kappa shape index (κ2) is 9.52. The highest BCUT2D eigenvalue weighted by Crippen LogP contribution is 2.26. The Labute approximate surface area is 184 Å². The van der Waals surface area contributed by atoms with Gasteiger partial charge >= 0.3 is 0 Å². The van der Waals surface area contributed by atoms with E-state index in [0.717, 1.165) is 35.4 Å². The van der Waals surface area contributed by atoms with Gasteiger partial charge in [-0.3, -0.25) is 14.5 Å². The summed E-state index contributed by atoms with van der Waals surface area (Å²) in [5, 5.41) is 3.03. The Balaban J connectivity index is 1.21. The molecule has 0 spiro atoms. The van der Waals surface area contributed by atoms with Crippen LogP contribution in [0.3, 0.4) is 0 Å². The fraction of sp³-hybridized carbons (Fsp3) is 0.440. The summed E-state index contributed by atoms with van der Waals surface area (Å²) >= 11 is 0. The zero-order valence-corrected chi connectivity index (χ0v) is 18.4. The molecule has 0 saturated carbocycles. The van der Waals surface area contributed by atoms with Crippen LogP contribution in [0.2, 0.25) is 0 Å². The molecule has 0 unspecified atom stereocenters. The van der Waals surface area contributed by atoms with Crippen LogP contribution in [0.4, 0.5) is 5.69 Å². The van der Waals surface area contributed by atoms with Gasteiger partial charge in [0.25, 0.3) is 5.91 Å². The van der Waals surface area contributed by atoms with Gasteiger partial charge in [0.2, 0.25) is 5.91 Å². The summed E-state index contributed by atoms with van der Waals surface area (Å²) in [6.07, 6.45) is 3.44. The van der Waals surface area contributed by atoms with Crippen LogP contribution in [-0.2, 0) is 22.4 Å². The molecule has 2 aromatic rings. The highest BCUT2D eigenvalue weighted by Gasteiger charge is 2.23. The maximum absolute atomic E-state index is 12.6. The van der Waals surface area contributed by atoms with E-state index in [0.29, 0.717) is 32.7 Å². The lowest BCUT2D eigenvalue weighted by Gasteiger charge is -2.34. The maximum Gasteiger partial charge on any atom is 0.260 e. The largest absolute Gasteiger partial charge is 0.484 e. The van der Waals surface area contributed by atoms with Crippen LogP contribution in [0, 0.1) is 13.8 Å². The Morgan fingerprint density at radius 3 is 2.42 bits per heavy atom. The molecule has 1 fully saturated rings. The highest BCUT2D eigenvalue weighted by molar-refractivity contribution is 5.93. The summed E-state index contributed by atoms with van der Waals surface area (Å²) in [5.41, 5.74) is 5.76. The molecule has 6 heteroatoms. The number of aryl methyl sites for hydroxylation is 4. The summed E-state index contributed by atoms with van der Waals surface area (Å²) in [7, 11) is 0. The van der Waals surface area contributed by atoms with Crippen LogP contribution in [0.25, 0.3) is 0 Å². The average Bonchev–Trinajstić information content (AvgIpc) is 3.23. The molecule has 1 heterocycles. The van der Waals surface area contributed by atoms with E-state index < -0.39 is 0 Å². The van der Waals surface area contributed by atoms with E-state index in [9.17, 15) is 9.59 Å². The normalized spacial score (nSPS) is 16.1. The van der Waals surface area contributed by atoms with Gasteiger partial charge in [-0.25, -0.2) is 0 Å². The number of carbonyl (C=O) groups excluding carboxylic acids is 2. The standard InChI is InChI=1S/C25H31N3O3/c1-18-5-3-6-19(2)25(18)26-23(29)16-27-11-13-28(14-12-27)24(30)17-31-22-10-9-20-7-4-8-21(20)15-22/h3,5-6,9-10,15H,4,7-8,11-14,16-17H2,1-2H3,(H,26,29). The number of piperazine rings is 1. The smallest absolute Gasteiger partial charge is 0.260 e. The number of para-hydroxylation sites is 1. The lowest BCUT2D eigenvalue weighted by atomic mass is 10.1. The topological polar surface area (TPSA) is 61.9 Å². The van der Waals surface area contributed by atoms with Gasteiger partial charge in [0.15, 0.2) is 6.61 Å². The molecule has 0 atom stereocenters. The molecule has 1 aliphatic carbocycles. The first-order chi connectivity index (χ1) is 15.0. The number of rotatable bonds is 6. The van der Waals surface area contributed by atoms with Crippen LogP contribution in [0.15, 0.2) is 36.4 Å². The Bertz CT molecular complexity index is 944. The summed E-state index contributed by atoms with van der Waals surface area (Å²) in [6.45, 7) is 6.99. The molecule has 0 radical (unpaired) electrons. The third-order valence-electron chi connectivity index (χ3n) is 6.27. The fourth-order valence-corrected chi connectivity index (χ4v) is 4.42. The molecule has 0 aromatic heterocycles. The summed E-state index contributed by atoms with van der Waals surface area (Å²) in [4.78, 5) is 29.0. The van der Waals surface area contributed by atoms with Crippen LogP contribution in [0.5, 0.6) is 5.75 Å². The van der Waals surface area contributed by atoms with Gasteiger partial charge in [-0.05, 0) is 67.5 Å². The molecule has 1 N–H and O–H groups in total. The van der Waals surface area contributed by atoms with E-state index >= 15 is 0 Å². The van der Waals surface area contributed by atoms with Gasteiger partial charge in [0, 0.05) is 31.9 Å². The van der Waals surface area contributed by atoms with Crippen LogP contribution in [-0.4, -0.2) is 60.9 Å². The van der Waals surface area contributed by atoms with Crippen molar-refractivity contribution in [2.24, 2.45) is 0 Å². The summed E-state index contributed by atoms with van der Waals surface area (Å²) < 4.78 is 5.76. The van der Waals surface area contributed by atoms with E-state index in [2.05, 4.69) is 22.3 Å². The number of nitrogens with zero attached hydrogens (tertiary/aromatic N) is 2. The third kappa shape index (κ3) is 5.25. The molecule has 4 rings (SSSR count). The number of amides is 2. The number of hydrogen-bond donors (Lipinski definition) is 1. The SMILES string of the molecule is Cc1cccc(C)c1NC(=O)CN1CCN(C(=O)COc2ccc3c(c2)CCC3)CC1. The molecule has 164 valence electrons. The van der Waals surface area contributed by atoms with Gasteiger partial charge < -0.3 is 15.0 Å². The second-order valence-electron chi connectivity index (χ2n) is 8.54. The number of carbonyl (C=O) groups is 2. The summed E-state index contributed by atoms with van der Waals surface area (Å²) in [5.74, 6) is 0.757. The average molecular weight is 422 g/mol. The molecule has 1 aliphatic heterocycles. The Kier molecular flexibility index (Phi) is 6.56. The van der Waals surface area contributed by atoms with Crippen molar-refractivity contribution in [2.75, 3.05) is 44.6 Å². The minimum Gasteiger partial charge on any atom is -0.484 e. The molecule has 6 nitrogen and oxygen atoms in total. The van der Waals surface area contributed by atoms with Crippen LogP contribution in [0.1, 0.15) is 28.7 Å². The predicted octanol–water partition coefficient (Wildman–Crippen LogP) is 2.95. The van der Waals surface area contributed by atoms with Crippen molar-refractivity contribution in [3.05, 3.63) is 58.7 Å². The quantitative estimate of drug-likeness (QED) is 0.779. The van der Waals surface area contributed by atoms with Gasteiger partial charge in [0.05, 0.1) is 6.54 Å². The first-order valence-corrected chi connectivity index (χ1v) is 11.1. The highest BCUT2D eigenvalue weighted by atomic mass is 16.5. The molecule has 31 heavy (non-hydrogen) atoms. The lowest BCUT2D eigenvalue weighted by Crippen LogP contribution is -2.51. The molecule has 1 saturated heterocycles. The summed E-state index contributed by atoms with van der Waals surface area (Å²) in [6, 6.07) is 12.1. The fourth-order valence-electron chi connectivity index (χ4n) is 4.42. The molecule has 2 amide bonds. The molecular formula is C25H31N3O3. The van der Waals surface area contributed by atoms with Crippen molar-refractivity contribution in [1.82, 2.24) is 9.80 Å². The van der Waals surface area contributed by atoms with Gasteiger partial charge in [-0.2, -0.15) is 0 Å². The van der Waals surface area contributed by atoms with Crippen molar-refractivity contribution < 1.29 is 14.3 Å². The van der Waals surface area contributed by atoms with E-state index in [-0.39, 0.29) is 18.4 Å². The molecular weight excluding hydrogens is 390 g/mol.